The number of nitrogens with one attached hydrogen (secondary N) is 1. The first kappa shape index (κ1) is 15.1. The van der Waals surface area contributed by atoms with Gasteiger partial charge in [0.2, 0.25) is 0 Å². The molecule has 2 aliphatic rings. The van der Waals surface area contributed by atoms with Crippen LogP contribution in [-0.2, 0) is 17.6 Å². The van der Waals surface area contributed by atoms with Crippen molar-refractivity contribution in [1.29, 1.82) is 0 Å². The van der Waals surface area contributed by atoms with E-state index in [4.69, 9.17) is 4.74 Å². The van der Waals surface area contributed by atoms with E-state index in [1.54, 1.807) is 11.1 Å². The van der Waals surface area contributed by atoms with Crippen LogP contribution in [0.4, 0.5) is 0 Å². The van der Waals surface area contributed by atoms with E-state index >= 15 is 0 Å². The summed E-state index contributed by atoms with van der Waals surface area (Å²) in [6.07, 6.45) is 7.66. The van der Waals surface area contributed by atoms with Crippen molar-refractivity contribution in [2.45, 2.75) is 64.5 Å². The molecule has 1 fully saturated rings. The maximum absolute atomic E-state index is 5.47. The van der Waals surface area contributed by atoms with Gasteiger partial charge in [0.15, 0.2) is 0 Å². The number of ether oxygens (including phenoxy) is 1. The fourth-order valence-corrected chi connectivity index (χ4v) is 3.87. The summed E-state index contributed by atoms with van der Waals surface area (Å²) in [5, 5.41) is 3.82. The summed E-state index contributed by atoms with van der Waals surface area (Å²) in [4.78, 5) is 0. The maximum atomic E-state index is 5.47. The standard InChI is InChI=1S/C19H29NO/c1-14(16-9-11-21-12-10-16)20-15(2)18-8-7-17-5-3-4-6-19(17)13-18/h7-8,13-16,20H,3-6,9-12H2,1-2H3. The number of hydrogen-bond donors (Lipinski definition) is 1. The molecule has 0 amide bonds. The normalized spacial score (nSPS) is 22.6. The lowest BCUT2D eigenvalue weighted by Crippen LogP contribution is -2.38. The molecule has 116 valence electrons. The van der Waals surface area contributed by atoms with Gasteiger partial charge in [-0.15, -0.1) is 0 Å². The number of fused-ring (bicyclic) bond motifs is 1. The number of rotatable bonds is 4. The molecule has 1 aromatic carbocycles. The van der Waals surface area contributed by atoms with Crippen LogP contribution in [0.5, 0.6) is 0 Å². The maximum Gasteiger partial charge on any atom is 0.0469 e. The van der Waals surface area contributed by atoms with Crippen molar-refractivity contribution in [1.82, 2.24) is 5.32 Å². The molecule has 1 saturated heterocycles. The monoisotopic (exact) mass is 287 g/mol. The predicted molar refractivity (Wildman–Crippen MR) is 87.6 cm³/mol. The Morgan fingerprint density at radius 1 is 1.05 bits per heavy atom. The van der Waals surface area contributed by atoms with E-state index in [9.17, 15) is 0 Å². The lowest BCUT2D eigenvalue weighted by molar-refractivity contribution is 0.0547. The Kier molecular flexibility index (Phi) is 4.97. The highest BCUT2D eigenvalue weighted by molar-refractivity contribution is 5.35. The third kappa shape index (κ3) is 3.67. The van der Waals surface area contributed by atoms with Crippen LogP contribution in [-0.4, -0.2) is 19.3 Å². The first-order chi connectivity index (χ1) is 10.2. The van der Waals surface area contributed by atoms with Crippen molar-refractivity contribution in [2.24, 2.45) is 5.92 Å². The summed E-state index contributed by atoms with van der Waals surface area (Å²) in [6, 6.07) is 8.15. The van der Waals surface area contributed by atoms with Crippen LogP contribution >= 0.6 is 0 Å². The molecule has 0 spiro atoms. The van der Waals surface area contributed by atoms with Gasteiger partial charge in [-0.3, -0.25) is 0 Å². The van der Waals surface area contributed by atoms with Crippen LogP contribution in [0.2, 0.25) is 0 Å². The molecule has 1 heterocycles. The van der Waals surface area contributed by atoms with Crippen LogP contribution in [0.15, 0.2) is 18.2 Å². The van der Waals surface area contributed by atoms with Crippen molar-refractivity contribution in [2.75, 3.05) is 13.2 Å². The highest BCUT2D eigenvalue weighted by Crippen LogP contribution is 2.26. The second-order valence-electron chi connectivity index (χ2n) is 6.86. The summed E-state index contributed by atoms with van der Waals surface area (Å²) < 4.78 is 5.47. The third-order valence-corrected chi connectivity index (χ3v) is 5.36. The molecule has 2 unspecified atom stereocenters. The van der Waals surface area contributed by atoms with Gasteiger partial charge in [0.05, 0.1) is 0 Å². The molecule has 2 heteroatoms. The summed E-state index contributed by atoms with van der Waals surface area (Å²) in [6.45, 7) is 6.51. The zero-order valence-corrected chi connectivity index (χ0v) is 13.5. The lowest BCUT2D eigenvalue weighted by atomic mass is 9.88. The van der Waals surface area contributed by atoms with Gasteiger partial charge in [0.25, 0.3) is 0 Å². The van der Waals surface area contributed by atoms with Crippen LogP contribution in [0.3, 0.4) is 0 Å². The summed E-state index contributed by atoms with van der Waals surface area (Å²) >= 11 is 0. The third-order valence-electron chi connectivity index (χ3n) is 5.36. The smallest absolute Gasteiger partial charge is 0.0469 e. The molecule has 1 N–H and O–H groups in total. The fraction of sp³-hybridized carbons (Fsp3) is 0.684. The number of hydrogen-bond acceptors (Lipinski definition) is 2. The zero-order chi connectivity index (χ0) is 14.7. The molecule has 2 nitrogen and oxygen atoms in total. The molecular formula is C19H29NO. The summed E-state index contributed by atoms with van der Waals surface area (Å²) in [5.41, 5.74) is 4.62. The molecule has 1 aromatic rings. The minimum atomic E-state index is 0.440. The average molecular weight is 287 g/mol. The van der Waals surface area contributed by atoms with E-state index in [2.05, 4.69) is 37.4 Å². The van der Waals surface area contributed by atoms with Gasteiger partial charge in [-0.05, 0) is 75.0 Å². The number of benzene rings is 1. The molecular weight excluding hydrogens is 258 g/mol. The Bertz CT molecular complexity index is 465. The molecule has 3 rings (SSSR count). The van der Waals surface area contributed by atoms with Gasteiger partial charge in [-0.2, -0.15) is 0 Å². The largest absolute Gasteiger partial charge is 0.381 e. The van der Waals surface area contributed by atoms with Gasteiger partial charge in [0.1, 0.15) is 0 Å². The van der Waals surface area contributed by atoms with Crippen molar-refractivity contribution < 1.29 is 4.74 Å². The van der Waals surface area contributed by atoms with E-state index < -0.39 is 0 Å². The van der Waals surface area contributed by atoms with Crippen molar-refractivity contribution in [3.05, 3.63) is 34.9 Å². The Morgan fingerprint density at radius 3 is 2.52 bits per heavy atom. The van der Waals surface area contributed by atoms with E-state index in [0.717, 1.165) is 19.1 Å². The van der Waals surface area contributed by atoms with Crippen LogP contribution in [0.25, 0.3) is 0 Å². The molecule has 1 aliphatic carbocycles. The second kappa shape index (κ2) is 6.93. The van der Waals surface area contributed by atoms with E-state index in [1.807, 2.05) is 0 Å². The second-order valence-corrected chi connectivity index (χ2v) is 6.86. The van der Waals surface area contributed by atoms with Gasteiger partial charge >= 0.3 is 0 Å². The Hall–Kier alpha value is -0.860. The fourth-order valence-electron chi connectivity index (χ4n) is 3.87. The van der Waals surface area contributed by atoms with Gasteiger partial charge < -0.3 is 10.1 Å². The Balaban J connectivity index is 1.63. The van der Waals surface area contributed by atoms with Crippen LogP contribution in [0, 0.1) is 5.92 Å². The minimum Gasteiger partial charge on any atom is -0.381 e. The number of aryl methyl sites for hydroxylation is 2. The molecule has 0 bridgehead atoms. The van der Waals surface area contributed by atoms with E-state index in [-0.39, 0.29) is 0 Å². The first-order valence-electron chi connectivity index (χ1n) is 8.69. The summed E-state index contributed by atoms with van der Waals surface area (Å²) in [7, 11) is 0. The SMILES string of the molecule is CC(NC(C)C1CCOCC1)c1ccc2c(c1)CCCC2. The van der Waals surface area contributed by atoms with Crippen LogP contribution < -0.4 is 5.32 Å². The van der Waals surface area contributed by atoms with Crippen molar-refractivity contribution >= 4 is 0 Å². The first-order valence-corrected chi connectivity index (χ1v) is 8.69. The average Bonchev–Trinajstić information content (AvgIpc) is 2.55. The predicted octanol–water partition coefficient (Wildman–Crippen LogP) is 4.03. The Labute approximate surface area is 129 Å². The quantitative estimate of drug-likeness (QED) is 0.902. The molecule has 1 aliphatic heterocycles. The molecule has 0 saturated carbocycles. The molecule has 0 aromatic heterocycles. The molecule has 2 atom stereocenters. The van der Waals surface area contributed by atoms with Crippen LogP contribution in [0.1, 0.15) is 62.3 Å². The molecule has 0 radical (unpaired) electrons. The minimum absolute atomic E-state index is 0.440. The van der Waals surface area contributed by atoms with Gasteiger partial charge in [0, 0.05) is 25.3 Å². The summed E-state index contributed by atoms with van der Waals surface area (Å²) in [5.74, 6) is 0.763. The zero-order valence-electron chi connectivity index (χ0n) is 13.5. The van der Waals surface area contributed by atoms with Gasteiger partial charge in [-0.25, -0.2) is 0 Å². The van der Waals surface area contributed by atoms with Gasteiger partial charge in [-0.1, -0.05) is 18.2 Å². The van der Waals surface area contributed by atoms with Crippen molar-refractivity contribution in [3.63, 3.8) is 0 Å². The lowest BCUT2D eigenvalue weighted by Gasteiger charge is -2.31. The highest BCUT2D eigenvalue weighted by Gasteiger charge is 2.22. The Morgan fingerprint density at radius 2 is 1.76 bits per heavy atom. The molecule has 21 heavy (non-hydrogen) atoms. The highest BCUT2D eigenvalue weighted by atomic mass is 16.5. The van der Waals surface area contributed by atoms with E-state index in [1.165, 1.54) is 44.1 Å². The van der Waals surface area contributed by atoms with E-state index in [0.29, 0.717) is 12.1 Å². The topological polar surface area (TPSA) is 21.3 Å². The van der Waals surface area contributed by atoms with Crippen molar-refractivity contribution in [3.8, 4) is 0 Å².